The standard InChI is InChI=1S/C15H22N2O2/c1-12-9-13(11-16-10-12)7-5-6-8-17-14(18)19-15(2,3)4/h5,7,9-11H,6,8H2,1-4H3,(H,17,18). The van der Waals surface area contributed by atoms with Gasteiger partial charge in [0.2, 0.25) is 0 Å². The smallest absolute Gasteiger partial charge is 0.407 e. The van der Waals surface area contributed by atoms with Crippen molar-refractivity contribution in [3.8, 4) is 0 Å². The van der Waals surface area contributed by atoms with Crippen LogP contribution in [0.1, 0.15) is 38.3 Å². The topological polar surface area (TPSA) is 51.2 Å². The Morgan fingerprint density at radius 1 is 1.42 bits per heavy atom. The van der Waals surface area contributed by atoms with E-state index in [4.69, 9.17) is 4.74 Å². The van der Waals surface area contributed by atoms with Gasteiger partial charge >= 0.3 is 6.09 Å². The SMILES string of the molecule is Cc1cncc(C=CCCNC(=O)OC(C)(C)C)c1. The fourth-order valence-electron chi connectivity index (χ4n) is 1.46. The van der Waals surface area contributed by atoms with Crippen molar-refractivity contribution in [3.05, 3.63) is 35.7 Å². The van der Waals surface area contributed by atoms with Gasteiger partial charge in [-0.05, 0) is 51.3 Å². The molecule has 0 aliphatic rings. The molecule has 0 saturated heterocycles. The lowest BCUT2D eigenvalue weighted by Crippen LogP contribution is -2.32. The number of hydrogen-bond donors (Lipinski definition) is 1. The minimum atomic E-state index is -0.451. The number of pyridine rings is 1. The maximum absolute atomic E-state index is 11.4. The van der Waals surface area contributed by atoms with Crippen molar-refractivity contribution < 1.29 is 9.53 Å². The van der Waals surface area contributed by atoms with E-state index < -0.39 is 5.60 Å². The van der Waals surface area contributed by atoms with Crippen LogP contribution in [0.4, 0.5) is 4.79 Å². The van der Waals surface area contributed by atoms with Gasteiger partial charge in [-0.3, -0.25) is 4.98 Å². The number of ether oxygens (including phenoxy) is 1. The molecule has 1 amide bonds. The van der Waals surface area contributed by atoms with Crippen LogP contribution in [0, 0.1) is 6.92 Å². The highest BCUT2D eigenvalue weighted by molar-refractivity contribution is 5.67. The van der Waals surface area contributed by atoms with Gasteiger partial charge < -0.3 is 10.1 Å². The molecule has 0 atom stereocenters. The Kier molecular flexibility index (Phi) is 5.55. The Morgan fingerprint density at radius 2 is 2.16 bits per heavy atom. The van der Waals surface area contributed by atoms with E-state index in [2.05, 4.69) is 16.4 Å². The quantitative estimate of drug-likeness (QED) is 0.847. The van der Waals surface area contributed by atoms with Crippen molar-refractivity contribution in [1.82, 2.24) is 10.3 Å². The number of hydrogen-bond acceptors (Lipinski definition) is 3. The molecule has 1 aromatic heterocycles. The van der Waals surface area contributed by atoms with Crippen molar-refractivity contribution in [2.24, 2.45) is 0 Å². The van der Waals surface area contributed by atoms with E-state index in [9.17, 15) is 4.79 Å². The fraction of sp³-hybridized carbons (Fsp3) is 0.467. The van der Waals surface area contributed by atoms with Crippen LogP contribution in [0.25, 0.3) is 6.08 Å². The minimum Gasteiger partial charge on any atom is -0.444 e. The van der Waals surface area contributed by atoms with E-state index in [1.54, 1.807) is 0 Å². The van der Waals surface area contributed by atoms with Crippen molar-refractivity contribution >= 4 is 12.2 Å². The summed E-state index contributed by atoms with van der Waals surface area (Å²) in [7, 11) is 0. The maximum Gasteiger partial charge on any atom is 0.407 e. The van der Waals surface area contributed by atoms with Crippen molar-refractivity contribution in [3.63, 3.8) is 0 Å². The Hall–Kier alpha value is -1.84. The Labute approximate surface area is 114 Å². The van der Waals surface area contributed by atoms with Crippen LogP contribution < -0.4 is 5.32 Å². The molecular weight excluding hydrogens is 240 g/mol. The summed E-state index contributed by atoms with van der Waals surface area (Å²) in [5, 5.41) is 2.71. The third-order valence-corrected chi connectivity index (χ3v) is 2.19. The highest BCUT2D eigenvalue weighted by atomic mass is 16.6. The average molecular weight is 262 g/mol. The molecule has 0 bridgehead atoms. The molecule has 0 saturated carbocycles. The number of aryl methyl sites for hydroxylation is 1. The first-order chi connectivity index (χ1) is 8.87. The van der Waals surface area contributed by atoms with Crippen LogP contribution in [-0.2, 0) is 4.74 Å². The van der Waals surface area contributed by atoms with Crippen LogP contribution >= 0.6 is 0 Å². The first kappa shape index (κ1) is 15.2. The van der Waals surface area contributed by atoms with E-state index in [0.717, 1.165) is 17.5 Å². The Balaban J connectivity index is 2.26. The van der Waals surface area contributed by atoms with Gasteiger partial charge in [-0.15, -0.1) is 0 Å². The molecule has 1 rings (SSSR count). The van der Waals surface area contributed by atoms with Gasteiger partial charge in [-0.2, -0.15) is 0 Å². The molecule has 19 heavy (non-hydrogen) atoms. The van der Waals surface area contributed by atoms with Gasteiger partial charge in [-0.1, -0.05) is 12.2 Å². The van der Waals surface area contributed by atoms with Crippen LogP contribution in [0.5, 0.6) is 0 Å². The second kappa shape index (κ2) is 6.92. The molecule has 1 heterocycles. The van der Waals surface area contributed by atoms with E-state index in [0.29, 0.717) is 6.54 Å². The molecule has 0 aliphatic carbocycles. The number of nitrogens with zero attached hydrogens (tertiary/aromatic N) is 1. The maximum atomic E-state index is 11.4. The predicted octanol–water partition coefficient (Wildman–Crippen LogP) is 3.32. The van der Waals surface area contributed by atoms with Gasteiger partial charge in [0, 0.05) is 18.9 Å². The zero-order valence-corrected chi connectivity index (χ0v) is 12.1. The van der Waals surface area contributed by atoms with E-state index >= 15 is 0 Å². The lowest BCUT2D eigenvalue weighted by atomic mass is 10.2. The number of aromatic nitrogens is 1. The predicted molar refractivity (Wildman–Crippen MR) is 76.9 cm³/mol. The van der Waals surface area contributed by atoms with Crippen LogP contribution in [0.3, 0.4) is 0 Å². The monoisotopic (exact) mass is 262 g/mol. The number of nitrogens with one attached hydrogen (secondary N) is 1. The van der Waals surface area contributed by atoms with E-state index in [1.165, 1.54) is 0 Å². The number of alkyl carbamates (subject to hydrolysis) is 1. The zero-order chi connectivity index (χ0) is 14.3. The average Bonchev–Trinajstić information content (AvgIpc) is 2.26. The number of amides is 1. The minimum absolute atomic E-state index is 0.377. The molecule has 1 N–H and O–H groups in total. The number of carbonyl (C=O) groups excluding carboxylic acids is 1. The third kappa shape index (κ3) is 7.24. The van der Waals surface area contributed by atoms with Gasteiger partial charge in [0.15, 0.2) is 0 Å². The molecule has 1 aromatic rings. The normalized spacial score (nSPS) is 11.6. The van der Waals surface area contributed by atoms with Crippen LogP contribution in [-0.4, -0.2) is 23.2 Å². The molecular formula is C15H22N2O2. The summed E-state index contributed by atoms with van der Waals surface area (Å²) in [4.78, 5) is 15.5. The summed E-state index contributed by atoms with van der Waals surface area (Å²) >= 11 is 0. The third-order valence-electron chi connectivity index (χ3n) is 2.19. The molecule has 0 unspecified atom stereocenters. The second-order valence-electron chi connectivity index (χ2n) is 5.42. The summed E-state index contributed by atoms with van der Waals surface area (Å²) in [6.07, 6.45) is 8.02. The molecule has 0 aliphatic heterocycles. The molecule has 4 heteroatoms. The van der Waals surface area contributed by atoms with E-state index in [1.807, 2.05) is 52.2 Å². The Bertz CT molecular complexity index is 448. The molecule has 0 spiro atoms. The van der Waals surface area contributed by atoms with Gasteiger partial charge in [0.05, 0.1) is 0 Å². The lowest BCUT2D eigenvalue weighted by Gasteiger charge is -2.19. The van der Waals surface area contributed by atoms with Crippen molar-refractivity contribution in [2.75, 3.05) is 6.54 Å². The summed E-state index contributed by atoms with van der Waals surface area (Å²) in [5.74, 6) is 0. The largest absolute Gasteiger partial charge is 0.444 e. The van der Waals surface area contributed by atoms with Crippen LogP contribution in [0.15, 0.2) is 24.5 Å². The van der Waals surface area contributed by atoms with Crippen molar-refractivity contribution in [2.45, 2.75) is 39.7 Å². The summed E-state index contributed by atoms with van der Waals surface area (Å²) in [6.45, 7) is 8.10. The summed E-state index contributed by atoms with van der Waals surface area (Å²) in [5.41, 5.74) is 1.75. The fourth-order valence-corrected chi connectivity index (χ4v) is 1.46. The zero-order valence-electron chi connectivity index (χ0n) is 12.1. The Morgan fingerprint density at radius 3 is 2.79 bits per heavy atom. The molecule has 104 valence electrons. The highest BCUT2D eigenvalue weighted by Gasteiger charge is 2.14. The number of rotatable bonds is 4. The molecule has 0 aromatic carbocycles. The lowest BCUT2D eigenvalue weighted by molar-refractivity contribution is 0.0529. The van der Waals surface area contributed by atoms with Gasteiger partial charge in [-0.25, -0.2) is 4.79 Å². The molecule has 0 fully saturated rings. The first-order valence-corrected chi connectivity index (χ1v) is 6.42. The van der Waals surface area contributed by atoms with E-state index in [-0.39, 0.29) is 6.09 Å². The van der Waals surface area contributed by atoms with Crippen molar-refractivity contribution in [1.29, 1.82) is 0 Å². The summed E-state index contributed by atoms with van der Waals surface area (Å²) in [6, 6.07) is 2.06. The first-order valence-electron chi connectivity index (χ1n) is 6.42. The van der Waals surface area contributed by atoms with Crippen LogP contribution in [0.2, 0.25) is 0 Å². The summed E-state index contributed by atoms with van der Waals surface area (Å²) < 4.78 is 5.13. The van der Waals surface area contributed by atoms with Gasteiger partial charge in [0.25, 0.3) is 0 Å². The second-order valence-corrected chi connectivity index (χ2v) is 5.42. The molecule has 4 nitrogen and oxygen atoms in total. The van der Waals surface area contributed by atoms with Gasteiger partial charge in [0.1, 0.15) is 5.60 Å². The highest BCUT2D eigenvalue weighted by Crippen LogP contribution is 2.06. The molecule has 0 radical (unpaired) electrons. The number of carbonyl (C=O) groups is 1.